The number of likely N-dealkylation sites (tertiary alicyclic amines) is 1. The summed E-state index contributed by atoms with van der Waals surface area (Å²) in [6.45, 7) is 4.55. The molecule has 0 spiro atoms. The minimum absolute atomic E-state index is 0.0555. The van der Waals surface area contributed by atoms with Crippen molar-refractivity contribution in [1.29, 1.82) is 5.26 Å². The van der Waals surface area contributed by atoms with Gasteiger partial charge in [0, 0.05) is 0 Å². The molecule has 106 valence electrons. The molecule has 5 nitrogen and oxygen atoms in total. The highest BCUT2D eigenvalue weighted by molar-refractivity contribution is 5.79. The number of amides is 1. The lowest BCUT2D eigenvalue weighted by molar-refractivity contribution is -0.165. The molecule has 1 amide bonds. The van der Waals surface area contributed by atoms with E-state index in [0.29, 0.717) is 24.4 Å². The van der Waals surface area contributed by atoms with Gasteiger partial charge in [-0.2, -0.15) is 5.26 Å². The van der Waals surface area contributed by atoms with E-state index in [-0.39, 0.29) is 18.4 Å². The van der Waals surface area contributed by atoms with Crippen molar-refractivity contribution < 1.29 is 14.6 Å². The highest BCUT2D eigenvalue weighted by Crippen LogP contribution is 2.28. The second-order valence-electron chi connectivity index (χ2n) is 5.43. The van der Waals surface area contributed by atoms with Gasteiger partial charge in [-0.1, -0.05) is 13.8 Å². The number of ether oxygens (including phenoxy) is 1. The van der Waals surface area contributed by atoms with Crippen LogP contribution in [0.1, 0.15) is 19.4 Å². The molecule has 1 aliphatic rings. The lowest BCUT2D eigenvalue weighted by atomic mass is 9.83. The van der Waals surface area contributed by atoms with Crippen molar-refractivity contribution >= 4 is 5.91 Å². The van der Waals surface area contributed by atoms with E-state index in [2.05, 4.69) is 0 Å². The molecule has 1 fully saturated rings. The Labute approximate surface area is 118 Å². The summed E-state index contributed by atoms with van der Waals surface area (Å²) in [5.41, 5.74) is -0.210. The van der Waals surface area contributed by atoms with Gasteiger partial charge >= 0.3 is 0 Å². The van der Waals surface area contributed by atoms with Crippen molar-refractivity contribution in [2.75, 3.05) is 19.7 Å². The van der Waals surface area contributed by atoms with Gasteiger partial charge in [0.25, 0.3) is 5.91 Å². The molecule has 0 aliphatic carbocycles. The van der Waals surface area contributed by atoms with E-state index >= 15 is 0 Å². The van der Waals surface area contributed by atoms with Crippen LogP contribution in [0.5, 0.6) is 5.75 Å². The maximum Gasteiger partial charge on any atom is 0.260 e. The second kappa shape index (κ2) is 5.51. The third-order valence-corrected chi connectivity index (χ3v) is 3.70. The summed E-state index contributed by atoms with van der Waals surface area (Å²) in [4.78, 5) is 13.5. The monoisotopic (exact) mass is 274 g/mol. The number of aliphatic hydroxyl groups is 1. The molecule has 1 heterocycles. The molecule has 0 radical (unpaired) electrons. The third kappa shape index (κ3) is 2.91. The van der Waals surface area contributed by atoms with Crippen molar-refractivity contribution in [3.63, 3.8) is 0 Å². The Morgan fingerprint density at radius 3 is 2.55 bits per heavy atom. The summed E-state index contributed by atoms with van der Waals surface area (Å²) < 4.78 is 5.37. The molecule has 0 unspecified atom stereocenters. The molecular weight excluding hydrogens is 256 g/mol. The number of carbonyl (C=O) groups is 1. The average molecular weight is 274 g/mol. The van der Waals surface area contributed by atoms with Crippen LogP contribution in [0.15, 0.2) is 24.3 Å². The van der Waals surface area contributed by atoms with Gasteiger partial charge in [-0.05, 0) is 30.2 Å². The maximum atomic E-state index is 11.9. The van der Waals surface area contributed by atoms with E-state index in [1.807, 2.05) is 19.9 Å². The second-order valence-corrected chi connectivity index (χ2v) is 5.43. The number of benzene rings is 1. The molecule has 1 aliphatic heterocycles. The van der Waals surface area contributed by atoms with E-state index in [0.717, 1.165) is 0 Å². The van der Waals surface area contributed by atoms with E-state index < -0.39 is 5.60 Å². The Bertz CT molecular complexity index is 525. The number of hydrogen-bond donors (Lipinski definition) is 1. The molecular formula is C15H18N2O3. The van der Waals surface area contributed by atoms with Gasteiger partial charge in [-0.3, -0.25) is 4.79 Å². The van der Waals surface area contributed by atoms with Gasteiger partial charge in [0.15, 0.2) is 6.61 Å². The highest BCUT2D eigenvalue weighted by atomic mass is 16.5. The fourth-order valence-electron chi connectivity index (χ4n) is 2.02. The third-order valence-electron chi connectivity index (χ3n) is 3.70. The molecule has 0 saturated carbocycles. The predicted octanol–water partition coefficient (Wildman–Crippen LogP) is 1.17. The van der Waals surface area contributed by atoms with Gasteiger partial charge < -0.3 is 14.7 Å². The lowest BCUT2D eigenvalue weighted by Crippen LogP contribution is -2.66. The van der Waals surface area contributed by atoms with Gasteiger partial charge in [0.1, 0.15) is 11.4 Å². The molecule has 1 aromatic carbocycles. The van der Waals surface area contributed by atoms with Crippen molar-refractivity contribution in [3.8, 4) is 11.8 Å². The topological polar surface area (TPSA) is 73.6 Å². The Morgan fingerprint density at radius 2 is 2.05 bits per heavy atom. The zero-order valence-corrected chi connectivity index (χ0v) is 11.7. The van der Waals surface area contributed by atoms with Crippen LogP contribution < -0.4 is 4.74 Å². The predicted molar refractivity (Wildman–Crippen MR) is 73.0 cm³/mol. The minimum atomic E-state index is -0.760. The van der Waals surface area contributed by atoms with Crippen LogP contribution in [-0.4, -0.2) is 41.2 Å². The quantitative estimate of drug-likeness (QED) is 0.894. The molecule has 0 aromatic heterocycles. The summed E-state index contributed by atoms with van der Waals surface area (Å²) in [6, 6.07) is 8.61. The first kappa shape index (κ1) is 14.4. The Balaban J connectivity index is 1.80. The largest absolute Gasteiger partial charge is 0.484 e. The zero-order valence-electron chi connectivity index (χ0n) is 11.7. The molecule has 0 bridgehead atoms. The molecule has 1 N–H and O–H groups in total. The van der Waals surface area contributed by atoms with E-state index in [4.69, 9.17) is 10.00 Å². The summed E-state index contributed by atoms with van der Waals surface area (Å²) in [6.07, 6.45) is 0. The molecule has 1 aromatic rings. The van der Waals surface area contributed by atoms with Crippen LogP contribution in [0.4, 0.5) is 0 Å². The Kier molecular flexibility index (Phi) is 3.96. The first-order valence-electron chi connectivity index (χ1n) is 6.58. The normalized spacial score (nSPS) is 16.4. The standard InChI is InChI=1S/C15H18N2O3/c1-11(2)15(19)9-17(10-15)14(18)8-20-13-5-3-12(7-16)4-6-13/h3-6,11,19H,8-10H2,1-2H3. The summed E-state index contributed by atoms with van der Waals surface area (Å²) in [5, 5.41) is 18.8. The average Bonchev–Trinajstić information content (AvgIpc) is 2.41. The van der Waals surface area contributed by atoms with E-state index in [1.165, 1.54) is 0 Å². The Hall–Kier alpha value is -2.06. The molecule has 5 heteroatoms. The number of nitriles is 1. The fraction of sp³-hybridized carbons (Fsp3) is 0.467. The van der Waals surface area contributed by atoms with Crippen molar-refractivity contribution in [2.45, 2.75) is 19.4 Å². The summed E-state index contributed by atoms with van der Waals surface area (Å²) >= 11 is 0. The van der Waals surface area contributed by atoms with E-state index in [1.54, 1.807) is 29.2 Å². The number of carbonyl (C=O) groups excluding carboxylic acids is 1. The molecule has 0 atom stereocenters. The number of β-amino-alcohol motifs (C(OH)–C–C–N with tert-alkyl or cyclic N) is 1. The van der Waals surface area contributed by atoms with Crippen molar-refractivity contribution in [1.82, 2.24) is 4.90 Å². The van der Waals surface area contributed by atoms with Crippen LogP contribution in [0.2, 0.25) is 0 Å². The summed E-state index contributed by atoms with van der Waals surface area (Å²) in [5.74, 6) is 0.544. The number of hydrogen-bond acceptors (Lipinski definition) is 4. The van der Waals surface area contributed by atoms with Crippen LogP contribution in [0.3, 0.4) is 0 Å². The smallest absolute Gasteiger partial charge is 0.260 e. The number of nitrogens with zero attached hydrogens (tertiary/aromatic N) is 2. The van der Waals surface area contributed by atoms with Crippen LogP contribution in [0, 0.1) is 17.2 Å². The van der Waals surface area contributed by atoms with Gasteiger partial charge in [-0.25, -0.2) is 0 Å². The highest BCUT2D eigenvalue weighted by Gasteiger charge is 2.45. The first-order valence-corrected chi connectivity index (χ1v) is 6.58. The van der Waals surface area contributed by atoms with Crippen LogP contribution in [0.25, 0.3) is 0 Å². The molecule has 1 saturated heterocycles. The molecule has 20 heavy (non-hydrogen) atoms. The van der Waals surface area contributed by atoms with Gasteiger partial charge in [-0.15, -0.1) is 0 Å². The number of rotatable bonds is 4. The maximum absolute atomic E-state index is 11.9. The zero-order chi connectivity index (χ0) is 14.8. The lowest BCUT2D eigenvalue weighted by Gasteiger charge is -2.48. The van der Waals surface area contributed by atoms with E-state index in [9.17, 15) is 9.90 Å². The summed E-state index contributed by atoms with van der Waals surface area (Å²) in [7, 11) is 0. The van der Waals surface area contributed by atoms with Crippen molar-refractivity contribution in [3.05, 3.63) is 29.8 Å². The SMILES string of the molecule is CC(C)C1(O)CN(C(=O)COc2ccc(C#N)cc2)C1. The van der Waals surface area contributed by atoms with Gasteiger partial charge in [0.2, 0.25) is 0 Å². The first-order chi connectivity index (χ1) is 9.44. The van der Waals surface area contributed by atoms with Crippen LogP contribution in [-0.2, 0) is 4.79 Å². The minimum Gasteiger partial charge on any atom is -0.484 e. The molecule has 2 rings (SSSR count). The van der Waals surface area contributed by atoms with Crippen LogP contribution >= 0.6 is 0 Å². The van der Waals surface area contributed by atoms with Crippen molar-refractivity contribution in [2.24, 2.45) is 5.92 Å². The fourth-order valence-corrected chi connectivity index (χ4v) is 2.02. The van der Waals surface area contributed by atoms with Gasteiger partial charge in [0.05, 0.1) is 24.7 Å². The Morgan fingerprint density at radius 1 is 1.45 bits per heavy atom.